The van der Waals surface area contributed by atoms with Crippen LogP contribution in [0.1, 0.15) is 18.5 Å². The van der Waals surface area contributed by atoms with Gasteiger partial charge in [0.1, 0.15) is 11.8 Å². The molecule has 0 saturated heterocycles. The molecule has 0 aliphatic carbocycles. The van der Waals surface area contributed by atoms with E-state index in [1.165, 1.54) is 6.20 Å². The van der Waals surface area contributed by atoms with E-state index in [-0.39, 0.29) is 5.91 Å². The van der Waals surface area contributed by atoms with Gasteiger partial charge < -0.3 is 10.1 Å². The van der Waals surface area contributed by atoms with Crippen LogP contribution in [0.25, 0.3) is 11.3 Å². The zero-order valence-corrected chi connectivity index (χ0v) is 15.3. The predicted molar refractivity (Wildman–Crippen MR) is 103 cm³/mol. The molecule has 0 fully saturated rings. The number of carbonyl (C=O) groups is 1. The Labute approximate surface area is 156 Å². The number of rotatable bonds is 5. The van der Waals surface area contributed by atoms with Crippen LogP contribution >= 0.6 is 0 Å². The minimum absolute atomic E-state index is 0.361. The zero-order valence-electron chi connectivity index (χ0n) is 15.3. The monoisotopic (exact) mass is 364 g/mol. The van der Waals surface area contributed by atoms with Gasteiger partial charge in [-0.1, -0.05) is 29.8 Å². The third kappa shape index (κ3) is 4.20. The molecule has 0 radical (unpaired) electrons. The minimum Gasteiger partial charge on any atom is -0.497 e. The Balaban J connectivity index is 1.77. The first-order valence-electron chi connectivity index (χ1n) is 8.46. The second kappa shape index (κ2) is 7.82. The van der Waals surface area contributed by atoms with Crippen molar-refractivity contribution in [2.24, 2.45) is 0 Å². The molecule has 0 aliphatic rings. The highest BCUT2D eigenvalue weighted by Gasteiger charge is 2.18. The third-order valence-corrected chi connectivity index (χ3v) is 4.17. The fourth-order valence-corrected chi connectivity index (χ4v) is 2.51. The number of benzene rings is 2. The first-order chi connectivity index (χ1) is 13.0. The molecular weight excluding hydrogens is 344 g/mol. The van der Waals surface area contributed by atoms with E-state index in [9.17, 15) is 9.59 Å². The van der Waals surface area contributed by atoms with Crippen molar-refractivity contribution in [3.05, 3.63) is 70.8 Å². The van der Waals surface area contributed by atoms with Crippen molar-refractivity contribution in [2.45, 2.75) is 19.9 Å². The molecule has 0 unspecified atom stereocenters. The van der Waals surface area contributed by atoms with Crippen molar-refractivity contribution >= 4 is 11.6 Å². The number of carbonyl (C=O) groups excluding carboxylic acids is 1. The van der Waals surface area contributed by atoms with E-state index >= 15 is 0 Å². The van der Waals surface area contributed by atoms with Crippen LogP contribution in [-0.4, -0.2) is 27.8 Å². The first-order valence-corrected chi connectivity index (χ1v) is 8.46. The highest BCUT2D eigenvalue weighted by Crippen LogP contribution is 2.17. The van der Waals surface area contributed by atoms with Crippen LogP contribution in [0.4, 0.5) is 5.69 Å². The smallest absolute Gasteiger partial charge is 0.365 e. The van der Waals surface area contributed by atoms with Crippen LogP contribution in [0.2, 0.25) is 0 Å². The Hall–Kier alpha value is -3.48. The van der Waals surface area contributed by atoms with E-state index in [1.807, 2.05) is 31.2 Å². The van der Waals surface area contributed by atoms with Gasteiger partial charge in [-0.05, 0) is 38.1 Å². The second-order valence-corrected chi connectivity index (χ2v) is 6.13. The fourth-order valence-electron chi connectivity index (χ4n) is 2.51. The topological polar surface area (TPSA) is 86.1 Å². The Kier molecular flexibility index (Phi) is 5.30. The maximum atomic E-state index is 12.4. The van der Waals surface area contributed by atoms with Crippen LogP contribution in [0.3, 0.4) is 0 Å². The summed E-state index contributed by atoms with van der Waals surface area (Å²) in [7, 11) is 1.57. The molecule has 1 atom stereocenters. The van der Waals surface area contributed by atoms with Gasteiger partial charge in [-0.2, -0.15) is 10.1 Å². The molecule has 0 bridgehead atoms. The van der Waals surface area contributed by atoms with Crippen molar-refractivity contribution in [2.75, 3.05) is 12.4 Å². The lowest BCUT2D eigenvalue weighted by molar-refractivity contribution is -0.119. The standard InChI is InChI=1S/C20H20N4O3/c1-13-4-6-15(7-5-13)18-12-21-24(20(26)23-18)14(2)19(25)22-16-8-10-17(27-3)11-9-16/h4-12,14H,1-3H3,(H,22,25)/t14-/m0/s1. The lowest BCUT2D eigenvalue weighted by atomic mass is 10.1. The van der Waals surface area contributed by atoms with Gasteiger partial charge in [0.2, 0.25) is 5.91 Å². The van der Waals surface area contributed by atoms with Crippen molar-refractivity contribution in [3.63, 3.8) is 0 Å². The van der Waals surface area contributed by atoms with Gasteiger partial charge in [0.15, 0.2) is 0 Å². The molecule has 0 spiro atoms. The van der Waals surface area contributed by atoms with Crippen LogP contribution in [0.15, 0.2) is 59.5 Å². The molecular formula is C20H20N4O3. The molecule has 1 aromatic heterocycles. The quantitative estimate of drug-likeness (QED) is 0.752. The van der Waals surface area contributed by atoms with Crippen molar-refractivity contribution in [3.8, 4) is 17.0 Å². The van der Waals surface area contributed by atoms with Crippen LogP contribution < -0.4 is 15.7 Å². The average Bonchev–Trinajstić information content (AvgIpc) is 2.68. The van der Waals surface area contributed by atoms with E-state index < -0.39 is 11.7 Å². The summed E-state index contributed by atoms with van der Waals surface area (Å²) in [6.07, 6.45) is 1.49. The van der Waals surface area contributed by atoms with E-state index in [0.29, 0.717) is 17.1 Å². The number of hydrogen-bond acceptors (Lipinski definition) is 5. The Morgan fingerprint density at radius 2 is 1.78 bits per heavy atom. The van der Waals surface area contributed by atoms with Gasteiger partial charge in [0.05, 0.1) is 19.0 Å². The summed E-state index contributed by atoms with van der Waals surface area (Å²) in [5, 5.41) is 6.88. The summed E-state index contributed by atoms with van der Waals surface area (Å²) < 4.78 is 6.15. The molecule has 138 valence electrons. The van der Waals surface area contributed by atoms with Gasteiger partial charge in [-0.15, -0.1) is 0 Å². The van der Waals surface area contributed by atoms with Crippen molar-refractivity contribution < 1.29 is 9.53 Å². The van der Waals surface area contributed by atoms with Gasteiger partial charge in [0, 0.05) is 11.3 Å². The molecule has 3 aromatic rings. The summed E-state index contributed by atoms with van der Waals surface area (Å²) in [4.78, 5) is 28.9. The molecule has 2 aromatic carbocycles. The van der Waals surface area contributed by atoms with Crippen LogP contribution in [-0.2, 0) is 4.79 Å². The Morgan fingerprint density at radius 1 is 1.11 bits per heavy atom. The summed E-state index contributed by atoms with van der Waals surface area (Å²) in [6.45, 7) is 3.58. The van der Waals surface area contributed by atoms with Gasteiger partial charge in [-0.3, -0.25) is 4.79 Å². The second-order valence-electron chi connectivity index (χ2n) is 6.13. The number of methoxy groups -OCH3 is 1. The maximum Gasteiger partial charge on any atom is 0.365 e. The minimum atomic E-state index is -0.806. The van der Waals surface area contributed by atoms with Gasteiger partial charge >= 0.3 is 5.69 Å². The molecule has 0 aliphatic heterocycles. The predicted octanol–water partition coefficient (Wildman–Crippen LogP) is 2.82. The largest absolute Gasteiger partial charge is 0.497 e. The van der Waals surface area contributed by atoms with Crippen molar-refractivity contribution in [1.82, 2.24) is 14.8 Å². The summed E-state index contributed by atoms with van der Waals surface area (Å²) in [5.41, 5.74) is 2.41. The van der Waals surface area contributed by atoms with Crippen molar-refractivity contribution in [1.29, 1.82) is 0 Å². The molecule has 1 N–H and O–H groups in total. The van der Waals surface area contributed by atoms with Crippen LogP contribution in [0.5, 0.6) is 5.75 Å². The number of aryl methyl sites for hydroxylation is 1. The number of aromatic nitrogens is 3. The molecule has 1 heterocycles. The first kappa shape index (κ1) is 18.3. The fraction of sp³-hybridized carbons (Fsp3) is 0.200. The molecule has 1 amide bonds. The lowest BCUT2D eigenvalue weighted by Crippen LogP contribution is -2.34. The number of nitrogens with one attached hydrogen (secondary N) is 1. The van der Waals surface area contributed by atoms with Gasteiger partial charge in [0.25, 0.3) is 0 Å². The number of hydrogen-bond donors (Lipinski definition) is 1. The highest BCUT2D eigenvalue weighted by atomic mass is 16.5. The lowest BCUT2D eigenvalue weighted by Gasteiger charge is -2.14. The molecule has 27 heavy (non-hydrogen) atoms. The summed E-state index contributed by atoms with van der Waals surface area (Å²) in [6, 6.07) is 13.7. The SMILES string of the molecule is COc1ccc(NC(=O)[C@H](C)n2ncc(-c3ccc(C)cc3)nc2=O)cc1. The van der Waals surface area contributed by atoms with E-state index in [0.717, 1.165) is 15.8 Å². The molecule has 3 rings (SSSR count). The average molecular weight is 364 g/mol. The Bertz CT molecular complexity index is 995. The normalized spacial score (nSPS) is 11.7. The maximum absolute atomic E-state index is 12.4. The third-order valence-electron chi connectivity index (χ3n) is 4.17. The molecule has 0 saturated carbocycles. The summed E-state index contributed by atoms with van der Waals surface area (Å²) >= 11 is 0. The summed E-state index contributed by atoms with van der Waals surface area (Å²) in [5.74, 6) is 0.328. The van der Waals surface area contributed by atoms with E-state index in [2.05, 4.69) is 15.4 Å². The molecule has 7 heteroatoms. The van der Waals surface area contributed by atoms with E-state index in [4.69, 9.17) is 4.74 Å². The number of ether oxygens (including phenoxy) is 1. The number of anilines is 1. The van der Waals surface area contributed by atoms with Crippen LogP contribution in [0, 0.1) is 6.92 Å². The number of amides is 1. The van der Waals surface area contributed by atoms with E-state index in [1.54, 1.807) is 38.3 Å². The number of nitrogens with zero attached hydrogens (tertiary/aromatic N) is 3. The zero-order chi connectivity index (χ0) is 19.4. The molecule has 7 nitrogen and oxygen atoms in total. The highest BCUT2D eigenvalue weighted by molar-refractivity contribution is 5.93. The van der Waals surface area contributed by atoms with Gasteiger partial charge in [-0.25, -0.2) is 9.48 Å². The Morgan fingerprint density at radius 3 is 2.37 bits per heavy atom.